The van der Waals surface area contributed by atoms with Crippen LogP contribution >= 0.6 is 15.9 Å². The highest BCUT2D eigenvalue weighted by Crippen LogP contribution is 2.33. The molecule has 0 aliphatic carbocycles. The number of ether oxygens (including phenoxy) is 1. The summed E-state index contributed by atoms with van der Waals surface area (Å²) in [6.07, 6.45) is 0. The van der Waals surface area contributed by atoms with Gasteiger partial charge in [0, 0.05) is 0 Å². The summed E-state index contributed by atoms with van der Waals surface area (Å²) >= 11 is 3.37. The summed E-state index contributed by atoms with van der Waals surface area (Å²) < 4.78 is 6.49. The Morgan fingerprint density at radius 2 is 1.89 bits per heavy atom. The SMILES string of the molecule is Cc1cccc(C(=O)O)c1Oc1ccccc1Br. The fourth-order valence-electron chi connectivity index (χ4n) is 1.59. The van der Waals surface area contributed by atoms with Gasteiger partial charge in [0.05, 0.1) is 4.47 Å². The van der Waals surface area contributed by atoms with Gasteiger partial charge in [0.25, 0.3) is 0 Å². The minimum atomic E-state index is -0.999. The number of carbonyl (C=O) groups is 1. The third kappa shape index (κ3) is 2.54. The number of carboxylic acids is 1. The van der Waals surface area contributed by atoms with Gasteiger partial charge < -0.3 is 9.84 Å². The van der Waals surface area contributed by atoms with Crippen molar-refractivity contribution < 1.29 is 14.6 Å². The van der Waals surface area contributed by atoms with Crippen LogP contribution in [0.25, 0.3) is 0 Å². The van der Waals surface area contributed by atoms with E-state index in [1.54, 1.807) is 12.1 Å². The van der Waals surface area contributed by atoms with Crippen LogP contribution in [0, 0.1) is 6.92 Å². The lowest BCUT2D eigenvalue weighted by Gasteiger charge is -2.12. The van der Waals surface area contributed by atoms with Gasteiger partial charge in [-0.1, -0.05) is 24.3 Å². The second-order valence-electron chi connectivity index (χ2n) is 3.79. The monoisotopic (exact) mass is 306 g/mol. The van der Waals surface area contributed by atoms with Gasteiger partial charge in [-0.25, -0.2) is 4.79 Å². The summed E-state index contributed by atoms with van der Waals surface area (Å²) in [6, 6.07) is 12.4. The van der Waals surface area contributed by atoms with Gasteiger partial charge >= 0.3 is 5.97 Å². The molecule has 0 bridgehead atoms. The molecule has 0 aliphatic rings. The summed E-state index contributed by atoms with van der Waals surface area (Å²) in [6.45, 7) is 1.82. The minimum Gasteiger partial charge on any atom is -0.478 e. The molecule has 0 saturated carbocycles. The van der Waals surface area contributed by atoms with Crippen molar-refractivity contribution in [3.63, 3.8) is 0 Å². The molecule has 0 unspecified atom stereocenters. The van der Waals surface area contributed by atoms with Crippen molar-refractivity contribution in [3.8, 4) is 11.5 Å². The third-order valence-electron chi connectivity index (χ3n) is 2.49. The zero-order chi connectivity index (χ0) is 13.1. The molecule has 18 heavy (non-hydrogen) atoms. The van der Waals surface area contributed by atoms with E-state index in [1.165, 1.54) is 6.07 Å². The maximum Gasteiger partial charge on any atom is 0.339 e. The molecule has 3 nitrogen and oxygen atoms in total. The van der Waals surface area contributed by atoms with Crippen LogP contribution in [0.1, 0.15) is 15.9 Å². The summed E-state index contributed by atoms with van der Waals surface area (Å²) in [5.74, 6) is -0.0352. The molecule has 0 heterocycles. The maximum absolute atomic E-state index is 11.2. The Morgan fingerprint density at radius 3 is 2.56 bits per heavy atom. The number of aromatic carboxylic acids is 1. The van der Waals surface area contributed by atoms with Gasteiger partial charge in [0.2, 0.25) is 0 Å². The fourth-order valence-corrected chi connectivity index (χ4v) is 1.96. The first-order valence-corrected chi connectivity index (χ1v) is 6.14. The number of hydrogen-bond donors (Lipinski definition) is 1. The summed E-state index contributed by atoms with van der Waals surface area (Å²) in [5.41, 5.74) is 0.941. The van der Waals surface area contributed by atoms with Crippen molar-refractivity contribution in [2.45, 2.75) is 6.92 Å². The van der Waals surface area contributed by atoms with Gasteiger partial charge in [-0.15, -0.1) is 0 Å². The first-order chi connectivity index (χ1) is 8.59. The van der Waals surface area contributed by atoms with E-state index in [2.05, 4.69) is 15.9 Å². The summed E-state index contributed by atoms with van der Waals surface area (Å²) in [7, 11) is 0. The Bertz CT molecular complexity index is 593. The molecule has 2 rings (SSSR count). The van der Waals surface area contributed by atoms with E-state index in [0.29, 0.717) is 11.5 Å². The van der Waals surface area contributed by atoms with Crippen LogP contribution in [0.3, 0.4) is 0 Å². The Morgan fingerprint density at radius 1 is 1.17 bits per heavy atom. The van der Waals surface area contributed by atoms with E-state index >= 15 is 0 Å². The number of rotatable bonds is 3. The Hall–Kier alpha value is -1.81. The minimum absolute atomic E-state index is 0.158. The molecule has 0 saturated heterocycles. The van der Waals surface area contributed by atoms with Gasteiger partial charge in [0.15, 0.2) is 0 Å². The van der Waals surface area contributed by atoms with Crippen molar-refractivity contribution in [2.75, 3.05) is 0 Å². The van der Waals surface area contributed by atoms with E-state index < -0.39 is 5.97 Å². The number of hydrogen-bond acceptors (Lipinski definition) is 2. The summed E-state index contributed by atoms with van der Waals surface area (Å²) in [5, 5.41) is 9.15. The molecule has 0 aromatic heterocycles. The predicted octanol–water partition coefficient (Wildman–Crippen LogP) is 4.25. The van der Waals surface area contributed by atoms with Crippen LogP contribution in [0.4, 0.5) is 0 Å². The molecular weight excluding hydrogens is 296 g/mol. The van der Waals surface area contributed by atoms with E-state index in [-0.39, 0.29) is 5.56 Å². The van der Waals surface area contributed by atoms with Gasteiger partial charge in [-0.05, 0) is 46.6 Å². The van der Waals surface area contributed by atoms with Crippen molar-refractivity contribution in [3.05, 3.63) is 58.1 Å². The van der Waals surface area contributed by atoms with Crippen LogP contribution in [-0.2, 0) is 0 Å². The quantitative estimate of drug-likeness (QED) is 0.922. The fraction of sp³-hybridized carbons (Fsp3) is 0.0714. The van der Waals surface area contributed by atoms with Gasteiger partial charge in [-0.2, -0.15) is 0 Å². The first kappa shape index (κ1) is 12.6. The Labute approximate surface area is 113 Å². The van der Waals surface area contributed by atoms with E-state index in [4.69, 9.17) is 9.84 Å². The Kier molecular flexibility index (Phi) is 3.67. The largest absolute Gasteiger partial charge is 0.478 e. The van der Waals surface area contributed by atoms with Crippen molar-refractivity contribution in [2.24, 2.45) is 0 Å². The molecule has 0 fully saturated rings. The zero-order valence-corrected chi connectivity index (χ0v) is 11.3. The normalized spacial score (nSPS) is 10.1. The highest BCUT2D eigenvalue weighted by molar-refractivity contribution is 9.10. The number of aryl methyl sites for hydroxylation is 1. The van der Waals surface area contributed by atoms with Gasteiger partial charge in [0.1, 0.15) is 17.1 Å². The number of benzene rings is 2. The van der Waals surface area contributed by atoms with Gasteiger partial charge in [-0.3, -0.25) is 0 Å². The molecule has 0 spiro atoms. The van der Waals surface area contributed by atoms with Crippen LogP contribution in [0.2, 0.25) is 0 Å². The molecular formula is C14H11BrO3. The molecule has 2 aromatic rings. The lowest BCUT2D eigenvalue weighted by Crippen LogP contribution is -2.01. The lowest BCUT2D eigenvalue weighted by atomic mass is 10.1. The smallest absolute Gasteiger partial charge is 0.339 e. The molecule has 0 atom stereocenters. The van der Waals surface area contributed by atoms with Crippen molar-refractivity contribution in [1.82, 2.24) is 0 Å². The molecule has 0 radical (unpaired) electrons. The van der Waals surface area contributed by atoms with E-state index in [0.717, 1.165) is 10.0 Å². The molecule has 2 aromatic carbocycles. The Balaban J connectivity index is 2.46. The number of carboxylic acid groups (broad SMARTS) is 1. The average Bonchev–Trinajstić information content (AvgIpc) is 2.34. The standard InChI is InChI=1S/C14H11BrO3/c1-9-5-4-6-10(14(16)17)13(9)18-12-8-3-2-7-11(12)15/h2-8H,1H3,(H,16,17). The zero-order valence-electron chi connectivity index (χ0n) is 9.68. The molecule has 1 N–H and O–H groups in total. The lowest BCUT2D eigenvalue weighted by molar-refractivity contribution is 0.0694. The topological polar surface area (TPSA) is 46.5 Å². The number of halogens is 1. The predicted molar refractivity (Wildman–Crippen MR) is 72.4 cm³/mol. The molecule has 0 aliphatic heterocycles. The summed E-state index contributed by atoms with van der Waals surface area (Å²) in [4.78, 5) is 11.2. The van der Waals surface area contributed by atoms with E-state index in [9.17, 15) is 4.79 Å². The van der Waals surface area contributed by atoms with Crippen LogP contribution in [0.15, 0.2) is 46.9 Å². The van der Waals surface area contributed by atoms with Crippen LogP contribution in [0.5, 0.6) is 11.5 Å². The van der Waals surface area contributed by atoms with E-state index in [1.807, 2.05) is 31.2 Å². The van der Waals surface area contributed by atoms with Crippen LogP contribution in [-0.4, -0.2) is 11.1 Å². The molecule has 92 valence electrons. The highest BCUT2D eigenvalue weighted by Gasteiger charge is 2.14. The van der Waals surface area contributed by atoms with Crippen molar-refractivity contribution in [1.29, 1.82) is 0 Å². The molecule has 4 heteroatoms. The first-order valence-electron chi connectivity index (χ1n) is 5.35. The second kappa shape index (κ2) is 5.23. The third-order valence-corrected chi connectivity index (χ3v) is 3.15. The van der Waals surface area contributed by atoms with Crippen molar-refractivity contribution >= 4 is 21.9 Å². The average molecular weight is 307 g/mol. The second-order valence-corrected chi connectivity index (χ2v) is 4.64. The molecule has 0 amide bonds. The maximum atomic E-state index is 11.2. The van der Waals surface area contributed by atoms with Crippen LogP contribution < -0.4 is 4.74 Å². The number of para-hydroxylation sites is 2. The highest BCUT2D eigenvalue weighted by atomic mass is 79.9.